The molecular weight excluding hydrogens is 264 g/mol. The monoisotopic (exact) mass is 282 g/mol. The number of nitrogens with one attached hydrogen (secondary N) is 1. The largest absolute Gasteiger partial charge is 0.396 e. The summed E-state index contributed by atoms with van der Waals surface area (Å²) in [6.07, 6.45) is 2.60. The minimum Gasteiger partial charge on any atom is -0.396 e. The molecule has 1 heterocycles. The molecular formula is C16H18N4O. The summed E-state index contributed by atoms with van der Waals surface area (Å²) in [5, 5.41) is 22.8. The van der Waals surface area contributed by atoms with Crippen molar-refractivity contribution in [3.05, 3.63) is 54.4 Å². The van der Waals surface area contributed by atoms with E-state index < -0.39 is 0 Å². The van der Waals surface area contributed by atoms with Crippen molar-refractivity contribution in [1.29, 1.82) is 0 Å². The van der Waals surface area contributed by atoms with Crippen molar-refractivity contribution in [2.75, 3.05) is 11.9 Å². The molecule has 108 valence electrons. The highest BCUT2D eigenvalue weighted by atomic mass is 16.3. The highest BCUT2D eigenvalue weighted by Crippen LogP contribution is 2.19. The van der Waals surface area contributed by atoms with Crippen LogP contribution < -0.4 is 5.32 Å². The summed E-state index contributed by atoms with van der Waals surface area (Å²) in [5.74, 6) is 0. The highest BCUT2D eigenvalue weighted by molar-refractivity contribution is 5.85. The topological polar surface area (TPSA) is 63.0 Å². The molecule has 2 aromatic carbocycles. The Morgan fingerprint density at radius 3 is 2.81 bits per heavy atom. The van der Waals surface area contributed by atoms with Gasteiger partial charge in [0.25, 0.3) is 0 Å². The van der Waals surface area contributed by atoms with Gasteiger partial charge in [-0.25, -0.2) is 0 Å². The molecule has 5 heteroatoms. The minimum absolute atomic E-state index is 0.171. The zero-order chi connectivity index (χ0) is 14.5. The van der Waals surface area contributed by atoms with E-state index in [9.17, 15) is 0 Å². The normalized spacial score (nSPS) is 10.9. The maximum absolute atomic E-state index is 8.80. The molecule has 0 aliphatic heterocycles. The number of hydrogen-bond acceptors (Lipinski definition) is 4. The Balaban J connectivity index is 1.64. The van der Waals surface area contributed by atoms with Crippen molar-refractivity contribution in [3.8, 4) is 0 Å². The summed E-state index contributed by atoms with van der Waals surface area (Å²) in [5.41, 5.74) is 1.96. The molecule has 3 aromatic rings. The van der Waals surface area contributed by atoms with E-state index >= 15 is 0 Å². The van der Waals surface area contributed by atoms with Gasteiger partial charge in [-0.1, -0.05) is 35.5 Å². The summed E-state index contributed by atoms with van der Waals surface area (Å²) in [4.78, 5) is 0. The van der Waals surface area contributed by atoms with Crippen molar-refractivity contribution in [2.45, 2.75) is 19.5 Å². The van der Waals surface area contributed by atoms with Crippen molar-refractivity contribution in [3.63, 3.8) is 0 Å². The quantitative estimate of drug-likeness (QED) is 0.729. The van der Waals surface area contributed by atoms with Gasteiger partial charge < -0.3 is 10.4 Å². The second-order valence-electron chi connectivity index (χ2n) is 4.97. The second-order valence-corrected chi connectivity index (χ2v) is 4.97. The van der Waals surface area contributed by atoms with Crippen LogP contribution >= 0.6 is 0 Å². The van der Waals surface area contributed by atoms with Crippen LogP contribution in [0.25, 0.3) is 10.8 Å². The van der Waals surface area contributed by atoms with E-state index in [0.717, 1.165) is 11.4 Å². The van der Waals surface area contributed by atoms with Crippen LogP contribution in [0.4, 0.5) is 5.69 Å². The first-order chi connectivity index (χ1) is 10.3. The van der Waals surface area contributed by atoms with Gasteiger partial charge in [-0.3, -0.25) is 4.68 Å². The van der Waals surface area contributed by atoms with E-state index in [0.29, 0.717) is 19.5 Å². The van der Waals surface area contributed by atoms with Crippen LogP contribution in [0, 0.1) is 0 Å². The number of fused-ring (bicyclic) bond motifs is 1. The Morgan fingerprint density at radius 1 is 1.10 bits per heavy atom. The summed E-state index contributed by atoms with van der Waals surface area (Å²) < 4.78 is 1.76. The highest BCUT2D eigenvalue weighted by Gasteiger charge is 2.01. The Hall–Kier alpha value is -2.40. The van der Waals surface area contributed by atoms with E-state index in [2.05, 4.69) is 46.0 Å². The van der Waals surface area contributed by atoms with Gasteiger partial charge in [0, 0.05) is 18.8 Å². The van der Waals surface area contributed by atoms with E-state index in [1.165, 1.54) is 10.8 Å². The van der Waals surface area contributed by atoms with Crippen molar-refractivity contribution >= 4 is 16.5 Å². The first-order valence-electron chi connectivity index (χ1n) is 7.08. The fourth-order valence-electron chi connectivity index (χ4n) is 2.25. The molecule has 0 unspecified atom stereocenters. The van der Waals surface area contributed by atoms with Gasteiger partial charge in [-0.2, -0.15) is 0 Å². The van der Waals surface area contributed by atoms with Gasteiger partial charge >= 0.3 is 0 Å². The van der Waals surface area contributed by atoms with Gasteiger partial charge in [-0.15, -0.1) is 5.10 Å². The van der Waals surface area contributed by atoms with Crippen LogP contribution in [-0.2, 0) is 13.1 Å². The summed E-state index contributed by atoms with van der Waals surface area (Å²) in [7, 11) is 0. The molecule has 0 bridgehead atoms. The lowest BCUT2D eigenvalue weighted by Crippen LogP contribution is -2.01. The maximum atomic E-state index is 8.80. The number of benzene rings is 2. The first-order valence-corrected chi connectivity index (χ1v) is 7.08. The van der Waals surface area contributed by atoms with Crippen LogP contribution in [0.5, 0.6) is 0 Å². The third-order valence-corrected chi connectivity index (χ3v) is 3.35. The van der Waals surface area contributed by atoms with Crippen LogP contribution in [0.15, 0.2) is 48.7 Å². The van der Waals surface area contributed by atoms with Crippen LogP contribution in [0.2, 0.25) is 0 Å². The maximum Gasteiger partial charge on any atom is 0.102 e. The average Bonchev–Trinajstić information content (AvgIpc) is 2.98. The first kappa shape index (κ1) is 13.6. The lowest BCUT2D eigenvalue weighted by Gasteiger charge is -2.05. The summed E-state index contributed by atoms with van der Waals surface area (Å²) >= 11 is 0. The van der Waals surface area contributed by atoms with E-state index in [-0.39, 0.29) is 6.61 Å². The van der Waals surface area contributed by atoms with Gasteiger partial charge in [-0.05, 0) is 29.3 Å². The summed E-state index contributed by atoms with van der Waals surface area (Å²) in [6.45, 7) is 1.50. The number of hydrogen-bond donors (Lipinski definition) is 2. The average molecular weight is 282 g/mol. The SMILES string of the molecule is OCCCn1cc(CNc2ccc3ccccc3c2)nn1. The smallest absolute Gasteiger partial charge is 0.102 e. The van der Waals surface area contributed by atoms with Gasteiger partial charge in [0.2, 0.25) is 0 Å². The standard InChI is InChI=1S/C16H18N4O/c21-9-3-8-20-12-16(18-19-20)11-17-15-7-6-13-4-1-2-5-14(13)10-15/h1-2,4-7,10,12,17,21H,3,8-9,11H2. The van der Waals surface area contributed by atoms with Crippen LogP contribution in [-0.4, -0.2) is 26.7 Å². The minimum atomic E-state index is 0.171. The number of aliphatic hydroxyl groups excluding tert-OH is 1. The third kappa shape index (κ3) is 3.38. The molecule has 0 saturated heterocycles. The lowest BCUT2D eigenvalue weighted by molar-refractivity contribution is 0.276. The third-order valence-electron chi connectivity index (χ3n) is 3.35. The molecule has 0 amide bonds. The molecule has 2 N–H and O–H groups in total. The Bertz CT molecular complexity index is 723. The molecule has 0 spiro atoms. The summed E-state index contributed by atoms with van der Waals surface area (Å²) in [6, 6.07) is 14.6. The van der Waals surface area contributed by atoms with E-state index in [1.807, 2.05) is 18.3 Å². The fraction of sp³-hybridized carbons (Fsp3) is 0.250. The molecule has 0 aliphatic carbocycles. The molecule has 0 radical (unpaired) electrons. The number of aromatic nitrogens is 3. The number of anilines is 1. The van der Waals surface area contributed by atoms with Gasteiger partial charge in [0.05, 0.1) is 12.7 Å². The van der Waals surface area contributed by atoms with Crippen molar-refractivity contribution in [1.82, 2.24) is 15.0 Å². The Labute approximate surface area is 123 Å². The number of aliphatic hydroxyl groups is 1. The lowest BCUT2D eigenvalue weighted by atomic mass is 10.1. The van der Waals surface area contributed by atoms with Crippen molar-refractivity contribution < 1.29 is 5.11 Å². The number of rotatable bonds is 6. The molecule has 0 fully saturated rings. The Morgan fingerprint density at radius 2 is 1.95 bits per heavy atom. The molecule has 3 rings (SSSR count). The van der Waals surface area contributed by atoms with Gasteiger partial charge in [0.15, 0.2) is 0 Å². The fourth-order valence-corrected chi connectivity index (χ4v) is 2.25. The number of aryl methyl sites for hydroxylation is 1. The predicted molar refractivity (Wildman–Crippen MR) is 83.0 cm³/mol. The second kappa shape index (κ2) is 6.37. The zero-order valence-electron chi connectivity index (χ0n) is 11.7. The van der Waals surface area contributed by atoms with Crippen molar-refractivity contribution in [2.24, 2.45) is 0 Å². The van der Waals surface area contributed by atoms with E-state index in [1.54, 1.807) is 4.68 Å². The van der Waals surface area contributed by atoms with Gasteiger partial charge in [0.1, 0.15) is 5.69 Å². The zero-order valence-corrected chi connectivity index (χ0v) is 11.7. The molecule has 0 aliphatic rings. The molecule has 0 saturated carbocycles. The molecule has 1 aromatic heterocycles. The van der Waals surface area contributed by atoms with E-state index in [4.69, 9.17) is 5.11 Å². The van der Waals surface area contributed by atoms with Crippen LogP contribution in [0.3, 0.4) is 0 Å². The van der Waals surface area contributed by atoms with Crippen LogP contribution in [0.1, 0.15) is 12.1 Å². The molecule has 5 nitrogen and oxygen atoms in total. The molecule has 21 heavy (non-hydrogen) atoms. The Kier molecular flexibility index (Phi) is 4.12. The predicted octanol–water partition coefficient (Wildman–Crippen LogP) is 2.43. The number of nitrogens with zero attached hydrogens (tertiary/aromatic N) is 3. The molecule has 0 atom stereocenters.